The number of nitrogens with one attached hydrogen (secondary N) is 1. The smallest absolute Gasteiger partial charge is 0.265 e. The highest BCUT2D eigenvalue weighted by atomic mass is 32.1. The van der Waals surface area contributed by atoms with Crippen molar-refractivity contribution >= 4 is 34.2 Å². The van der Waals surface area contributed by atoms with E-state index in [0.29, 0.717) is 15.7 Å². The van der Waals surface area contributed by atoms with Gasteiger partial charge in [0.05, 0.1) is 0 Å². The standard InChI is InChI=1S/C16H17N3O5S/c1-9-6-12(21)14(15(23)19(9)2)11(20)5-4-10-7-17-16(25-10)18-13(22)8-24-3/h4-7,21H,8H2,1-3H3,(H,17,18,22). The van der Waals surface area contributed by atoms with Gasteiger partial charge in [-0.15, -0.1) is 0 Å². The van der Waals surface area contributed by atoms with Gasteiger partial charge in [-0.1, -0.05) is 11.3 Å². The van der Waals surface area contributed by atoms with Gasteiger partial charge < -0.3 is 14.4 Å². The van der Waals surface area contributed by atoms with Crippen molar-refractivity contribution in [1.29, 1.82) is 0 Å². The summed E-state index contributed by atoms with van der Waals surface area (Å²) < 4.78 is 5.99. The highest BCUT2D eigenvalue weighted by molar-refractivity contribution is 7.16. The van der Waals surface area contributed by atoms with E-state index in [1.54, 1.807) is 6.92 Å². The summed E-state index contributed by atoms with van der Waals surface area (Å²) in [6.07, 6.45) is 4.12. The Balaban J connectivity index is 2.17. The first-order valence-electron chi connectivity index (χ1n) is 7.20. The minimum absolute atomic E-state index is 0.0841. The molecule has 0 fully saturated rings. The second-order valence-electron chi connectivity index (χ2n) is 5.16. The van der Waals surface area contributed by atoms with Crippen LogP contribution in [0.5, 0.6) is 5.75 Å². The molecule has 0 spiro atoms. The van der Waals surface area contributed by atoms with Gasteiger partial charge in [-0.3, -0.25) is 19.7 Å². The predicted molar refractivity (Wildman–Crippen MR) is 94.1 cm³/mol. The number of pyridine rings is 1. The number of nitrogens with zero attached hydrogens (tertiary/aromatic N) is 2. The molecule has 25 heavy (non-hydrogen) atoms. The molecule has 2 N–H and O–H groups in total. The van der Waals surface area contributed by atoms with E-state index < -0.39 is 11.3 Å². The van der Waals surface area contributed by atoms with Crippen LogP contribution in [0.25, 0.3) is 6.08 Å². The fourth-order valence-electron chi connectivity index (χ4n) is 1.98. The van der Waals surface area contributed by atoms with Gasteiger partial charge in [0.25, 0.3) is 11.5 Å². The van der Waals surface area contributed by atoms with E-state index in [2.05, 4.69) is 10.3 Å². The van der Waals surface area contributed by atoms with Gasteiger partial charge >= 0.3 is 0 Å². The summed E-state index contributed by atoms with van der Waals surface area (Å²) in [7, 11) is 2.93. The second kappa shape index (κ2) is 7.86. The van der Waals surface area contributed by atoms with Crippen molar-refractivity contribution < 1.29 is 19.4 Å². The van der Waals surface area contributed by atoms with Crippen molar-refractivity contribution in [2.24, 2.45) is 7.05 Å². The summed E-state index contributed by atoms with van der Waals surface area (Å²) in [5, 5.41) is 12.8. The van der Waals surface area contributed by atoms with Crippen LogP contribution in [0.1, 0.15) is 20.9 Å². The lowest BCUT2D eigenvalue weighted by atomic mass is 10.1. The number of rotatable bonds is 6. The number of amides is 1. The molecule has 0 aliphatic heterocycles. The molecule has 9 heteroatoms. The van der Waals surface area contributed by atoms with Gasteiger partial charge in [0.1, 0.15) is 17.9 Å². The molecular formula is C16H17N3O5S. The van der Waals surface area contributed by atoms with Crippen molar-refractivity contribution in [3.63, 3.8) is 0 Å². The summed E-state index contributed by atoms with van der Waals surface area (Å²) in [5.41, 5.74) is -0.312. The lowest BCUT2D eigenvalue weighted by Crippen LogP contribution is -2.25. The minimum atomic E-state index is -0.614. The van der Waals surface area contributed by atoms with Crippen LogP contribution in [-0.4, -0.2) is 40.1 Å². The first-order chi connectivity index (χ1) is 11.8. The number of allylic oxidation sites excluding steroid dienone is 1. The first-order valence-corrected chi connectivity index (χ1v) is 8.01. The van der Waals surface area contributed by atoms with Crippen LogP contribution in [0.3, 0.4) is 0 Å². The monoisotopic (exact) mass is 363 g/mol. The number of hydrogen-bond acceptors (Lipinski definition) is 7. The average molecular weight is 363 g/mol. The van der Waals surface area contributed by atoms with Gasteiger partial charge in [-0.25, -0.2) is 4.98 Å². The summed E-state index contributed by atoms with van der Waals surface area (Å²) >= 11 is 1.15. The van der Waals surface area contributed by atoms with Gasteiger partial charge in [0, 0.05) is 37.0 Å². The average Bonchev–Trinajstić information content (AvgIpc) is 2.98. The minimum Gasteiger partial charge on any atom is -0.507 e. The zero-order valence-corrected chi connectivity index (χ0v) is 14.7. The Hall–Kier alpha value is -2.78. The van der Waals surface area contributed by atoms with E-state index in [0.717, 1.165) is 11.3 Å². The largest absolute Gasteiger partial charge is 0.507 e. The molecule has 132 valence electrons. The molecule has 0 atom stereocenters. The summed E-state index contributed by atoms with van der Waals surface area (Å²) in [4.78, 5) is 40.4. The normalized spacial score (nSPS) is 11.0. The molecule has 0 aromatic carbocycles. The fraction of sp³-hybridized carbons (Fsp3) is 0.250. The second-order valence-corrected chi connectivity index (χ2v) is 6.22. The van der Waals surface area contributed by atoms with E-state index in [4.69, 9.17) is 4.74 Å². The molecule has 1 amide bonds. The topological polar surface area (TPSA) is 111 Å². The number of carbonyl (C=O) groups is 2. The number of hydrogen-bond donors (Lipinski definition) is 2. The maximum atomic E-state index is 12.2. The quantitative estimate of drug-likeness (QED) is 0.592. The van der Waals surface area contributed by atoms with Crippen LogP contribution in [-0.2, 0) is 16.6 Å². The van der Waals surface area contributed by atoms with Crippen LogP contribution < -0.4 is 10.9 Å². The van der Waals surface area contributed by atoms with Crippen LogP contribution in [0.15, 0.2) is 23.1 Å². The molecule has 8 nitrogen and oxygen atoms in total. The van der Waals surface area contributed by atoms with E-state index in [9.17, 15) is 19.5 Å². The summed E-state index contributed by atoms with van der Waals surface area (Å²) in [6.45, 7) is 1.57. The number of thiazole rings is 1. The Morgan fingerprint density at radius 3 is 2.88 bits per heavy atom. The number of aryl methyl sites for hydroxylation is 1. The highest BCUT2D eigenvalue weighted by Gasteiger charge is 2.16. The number of carbonyl (C=O) groups excluding carboxylic acids is 2. The molecule has 0 aliphatic rings. The van der Waals surface area contributed by atoms with E-state index in [-0.39, 0.29) is 23.8 Å². The lowest BCUT2D eigenvalue weighted by Gasteiger charge is -2.07. The Morgan fingerprint density at radius 1 is 1.48 bits per heavy atom. The van der Waals surface area contributed by atoms with E-state index >= 15 is 0 Å². The number of methoxy groups -OCH3 is 1. The summed E-state index contributed by atoms with van der Waals surface area (Å²) in [5.74, 6) is -1.31. The molecule has 2 aromatic heterocycles. The van der Waals surface area contributed by atoms with Crippen LogP contribution in [0.4, 0.5) is 5.13 Å². The molecule has 0 saturated heterocycles. The predicted octanol–water partition coefficient (Wildman–Crippen LogP) is 1.34. The van der Waals surface area contributed by atoms with Gasteiger partial charge in [-0.2, -0.15) is 0 Å². The number of ether oxygens (including phenoxy) is 1. The van der Waals surface area contributed by atoms with Crippen molar-refractivity contribution in [3.05, 3.63) is 44.8 Å². The van der Waals surface area contributed by atoms with E-state index in [1.165, 1.54) is 43.1 Å². The Morgan fingerprint density at radius 2 is 2.20 bits per heavy atom. The first kappa shape index (κ1) is 18.6. The van der Waals surface area contributed by atoms with Crippen molar-refractivity contribution in [2.45, 2.75) is 6.92 Å². The van der Waals surface area contributed by atoms with Crippen molar-refractivity contribution in [2.75, 3.05) is 19.0 Å². The highest BCUT2D eigenvalue weighted by Crippen LogP contribution is 2.20. The Bertz CT molecular complexity index is 898. The third-order valence-corrected chi connectivity index (χ3v) is 4.22. The molecule has 0 saturated carbocycles. The van der Waals surface area contributed by atoms with Crippen molar-refractivity contribution in [3.8, 4) is 5.75 Å². The summed E-state index contributed by atoms with van der Waals surface area (Å²) in [6, 6.07) is 1.36. The zero-order valence-electron chi connectivity index (χ0n) is 13.9. The number of anilines is 1. The van der Waals surface area contributed by atoms with Crippen molar-refractivity contribution in [1.82, 2.24) is 9.55 Å². The van der Waals surface area contributed by atoms with Crippen LogP contribution in [0.2, 0.25) is 0 Å². The molecule has 0 bridgehead atoms. The maximum absolute atomic E-state index is 12.2. The van der Waals surface area contributed by atoms with Crippen LogP contribution >= 0.6 is 11.3 Å². The maximum Gasteiger partial charge on any atom is 0.265 e. The van der Waals surface area contributed by atoms with Gasteiger partial charge in [0.2, 0.25) is 0 Å². The van der Waals surface area contributed by atoms with Crippen LogP contribution in [0, 0.1) is 6.92 Å². The number of aromatic hydroxyl groups is 1. The fourth-order valence-corrected chi connectivity index (χ4v) is 2.72. The molecule has 2 aromatic rings. The lowest BCUT2D eigenvalue weighted by molar-refractivity contribution is -0.119. The van der Waals surface area contributed by atoms with Gasteiger partial charge in [-0.05, 0) is 19.1 Å². The molecule has 2 rings (SSSR count). The number of aromatic nitrogens is 2. The van der Waals surface area contributed by atoms with Gasteiger partial charge in [0.15, 0.2) is 10.9 Å². The SMILES string of the molecule is COCC(=O)Nc1ncc(C=CC(=O)c2c(O)cc(C)n(C)c2=O)s1. The third-order valence-electron chi connectivity index (χ3n) is 3.34. The molecular weight excluding hydrogens is 346 g/mol. The Labute approximate surface area is 147 Å². The molecule has 2 heterocycles. The molecule has 0 radical (unpaired) electrons. The molecule has 0 aliphatic carbocycles. The zero-order chi connectivity index (χ0) is 18.6. The third kappa shape index (κ3) is 4.40. The van der Waals surface area contributed by atoms with E-state index in [1.807, 2.05) is 0 Å². The Kier molecular flexibility index (Phi) is 5.84. The number of ketones is 1. The molecule has 0 unspecified atom stereocenters.